The molecule has 0 aromatic rings. The second-order valence-electron chi connectivity index (χ2n) is 6.16. The van der Waals surface area contributed by atoms with E-state index in [9.17, 15) is 0 Å². The molecule has 4 fully saturated rings. The van der Waals surface area contributed by atoms with Crippen LogP contribution in [0.15, 0.2) is 0 Å². The summed E-state index contributed by atoms with van der Waals surface area (Å²) in [7, 11) is 0. The van der Waals surface area contributed by atoms with Crippen LogP contribution in [0.4, 0.5) is 0 Å². The zero-order valence-corrected chi connectivity index (χ0v) is 11.4. The Morgan fingerprint density at radius 1 is 1.18 bits per heavy atom. The second-order valence-corrected chi connectivity index (χ2v) is 6.54. The minimum Gasteiger partial charge on any atom is -0.345 e. The molecule has 4 aliphatic rings. The molecule has 4 aliphatic carbocycles. The van der Waals surface area contributed by atoms with E-state index >= 15 is 0 Å². The highest BCUT2D eigenvalue weighted by Gasteiger charge is 2.50. The van der Waals surface area contributed by atoms with Crippen molar-refractivity contribution >= 4 is 17.3 Å². The van der Waals surface area contributed by atoms with Crippen LogP contribution in [0, 0.1) is 23.7 Å². The van der Waals surface area contributed by atoms with Crippen LogP contribution in [-0.2, 0) is 0 Å². The smallest absolute Gasteiger partial charge is 0.183 e. The summed E-state index contributed by atoms with van der Waals surface area (Å²) in [6.45, 7) is 3.17. The van der Waals surface area contributed by atoms with Crippen molar-refractivity contribution in [1.82, 2.24) is 10.3 Å². The van der Waals surface area contributed by atoms with E-state index in [0.717, 1.165) is 35.3 Å². The van der Waals surface area contributed by atoms with E-state index in [0.29, 0.717) is 6.04 Å². The third kappa shape index (κ3) is 1.85. The number of nitrogens with zero attached hydrogens (tertiary/aromatic N) is 1. The Kier molecular flexibility index (Phi) is 3.03. The molecular formula is C13H23N3S. The van der Waals surface area contributed by atoms with Crippen molar-refractivity contribution in [2.24, 2.45) is 29.5 Å². The number of nitrogens with two attached hydrogens (primary N) is 1. The highest BCUT2D eigenvalue weighted by Crippen LogP contribution is 2.55. The van der Waals surface area contributed by atoms with Gasteiger partial charge in [-0.15, -0.1) is 0 Å². The molecule has 0 aromatic heterocycles. The summed E-state index contributed by atoms with van der Waals surface area (Å²) in [5.74, 6) is 9.29. The first-order chi connectivity index (χ1) is 8.22. The third-order valence-corrected chi connectivity index (χ3v) is 5.61. The Balaban J connectivity index is 1.80. The van der Waals surface area contributed by atoms with Crippen molar-refractivity contribution in [2.75, 3.05) is 6.54 Å². The molecular weight excluding hydrogens is 230 g/mol. The maximum Gasteiger partial charge on any atom is 0.183 e. The van der Waals surface area contributed by atoms with Crippen LogP contribution in [0.1, 0.15) is 39.0 Å². The fourth-order valence-electron chi connectivity index (χ4n) is 4.98. The summed E-state index contributed by atoms with van der Waals surface area (Å²) in [6.07, 6.45) is 7.23. The summed E-state index contributed by atoms with van der Waals surface area (Å²) in [5, 5.41) is 0.741. The first-order valence-corrected chi connectivity index (χ1v) is 7.41. The van der Waals surface area contributed by atoms with E-state index in [-0.39, 0.29) is 0 Å². The molecule has 4 saturated carbocycles. The van der Waals surface area contributed by atoms with Gasteiger partial charge < -0.3 is 10.3 Å². The average molecular weight is 253 g/mol. The number of rotatable bonds is 2. The van der Waals surface area contributed by atoms with Crippen molar-refractivity contribution in [3.05, 3.63) is 0 Å². The predicted molar refractivity (Wildman–Crippen MR) is 73.1 cm³/mol. The molecule has 0 heterocycles. The van der Waals surface area contributed by atoms with Crippen LogP contribution in [0.2, 0.25) is 0 Å². The van der Waals surface area contributed by atoms with Crippen molar-refractivity contribution in [3.63, 3.8) is 0 Å². The topological polar surface area (TPSA) is 41.3 Å². The maximum atomic E-state index is 5.51. The first kappa shape index (κ1) is 11.7. The van der Waals surface area contributed by atoms with Gasteiger partial charge in [0.15, 0.2) is 5.11 Å². The molecule has 17 heavy (non-hydrogen) atoms. The summed E-state index contributed by atoms with van der Waals surface area (Å²) < 4.78 is 0. The lowest BCUT2D eigenvalue weighted by atomic mass is 9.54. The van der Waals surface area contributed by atoms with E-state index < -0.39 is 0 Å². The zero-order valence-electron chi connectivity index (χ0n) is 10.6. The zero-order chi connectivity index (χ0) is 12.0. The van der Waals surface area contributed by atoms with E-state index in [1.807, 2.05) is 0 Å². The molecule has 4 rings (SSSR count). The molecule has 0 spiro atoms. The van der Waals surface area contributed by atoms with E-state index in [2.05, 4.69) is 17.2 Å². The molecule has 0 atom stereocenters. The molecule has 0 amide bonds. The Morgan fingerprint density at radius 3 is 2.12 bits per heavy atom. The predicted octanol–water partition coefficient (Wildman–Crippen LogP) is 1.88. The first-order valence-electron chi connectivity index (χ1n) is 7.00. The highest BCUT2D eigenvalue weighted by molar-refractivity contribution is 7.80. The quantitative estimate of drug-likeness (QED) is 0.448. The summed E-state index contributed by atoms with van der Waals surface area (Å²) in [6, 6.07) is 0.663. The Morgan fingerprint density at radius 2 is 1.71 bits per heavy atom. The lowest BCUT2D eigenvalue weighted by Gasteiger charge is -2.57. The normalized spacial score (nSPS) is 42.6. The van der Waals surface area contributed by atoms with Crippen molar-refractivity contribution < 1.29 is 0 Å². The number of thiocarbonyl (C=S) groups is 1. The number of nitrogens with one attached hydrogen (secondary N) is 1. The van der Waals surface area contributed by atoms with Gasteiger partial charge in [0.25, 0.3) is 0 Å². The minimum atomic E-state index is 0.663. The van der Waals surface area contributed by atoms with Gasteiger partial charge in [0.05, 0.1) is 0 Å². The number of hydrogen-bond donors (Lipinski definition) is 2. The average Bonchev–Trinajstić information content (AvgIpc) is 2.32. The fourth-order valence-corrected chi connectivity index (χ4v) is 5.23. The SMILES string of the molecule is CCN(C(=S)NN)C1C2CC3CC(C2)CC1C3. The van der Waals surface area contributed by atoms with Crippen LogP contribution in [0.25, 0.3) is 0 Å². The molecule has 96 valence electrons. The van der Waals surface area contributed by atoms with Crippen LogP contribution in [0.5, 0.6) is 0 Å². The summed E-state index contributed by atoms with van der Waals surface area (Å²) >= 11 is 5.37. The van der Waals surface area contributed by atoms with Gasteiger partial charge in [-0.1, -0.05) is 0 Å². The van der Waals surface area contributed by atoms with Gasteiger partial charge in [0.2, 0.25) is 0 Å². The molecule has 0 saturated heterocycles. The van der Waals surface area contributed by atoms with Crippen molar-refractivity contribution in [1.29, 1.82) is 0 Å². The van der Waals surface area contributed by atoms with Crippen LogP contribution >= 0.6 is 12.2 Å². The Labute approximate surface area is 109 Å². The van der Waals surface area contributed by atoms with Crippen molar-refractivity contribution in [2.45, 2.75) is 45.1 Å². The van der Waals surface area contributed by atoms with Gasteiger partial charge in [-0.25, -0.2) is 5.84 Å². The molecule has 0 radical (unpaired) electrons. The van der Waals surface area contributed by atoms with E-state index in [1.165, 1.54) is 32.1 Å². The number of hydrogen-bond acceptors (Lipinski definition) is 2. The molecule has 4 bridgehead atoms. The largest absolute Gasteiger partial charge is 0.345 e. The van der Waals surface area contributed by atoms with Gasteiger partial charge in [-0.2, -0.15) is 0 Å². The Hall–Kier alpha value is -0.350. The standard InChI is InChI=1S/C13H23N3S/c1-2-16(13(17)15-14)12-10-4-8-3-9(6-10)7-11(12)5-8/h8-12H,2-7,14H2,1H3,(H,15,17). The van der Waals surface area contributed by atoms with Crippen molar-refractivity contribution in [3.8, 4) is 0 Å². The highest BCUT2D eigenvalue weighted by atomic mass is 32.1. The Bertz CT molecular complexity index is 290. The molecule has 4 heteroatoms. The second kappa shape index (κ2) is 4.39. The van der Waals surface area contributed by atoms with Crippen LogP contribution in [0.3, 0.4) is 0 Å². The van der Waals surface area contributed by atoms with Gasteiger partial charge in [0.1, 0.15) is 0 Å². The van der Waals surface area contributed by atoms with E-state index in [1.54, 1.807) is 0 Å². The minimum absolute atomic E-state index is 0.663. The maximum absolute atomic E-state index is 5.51. The van der Waals surface area contributed by atoms with E-state index in [4.69, 9.17) is 18.1 Å². The molecule has 0 unspecified atom stereocenters. The molecule has 0 aromatic carbocycles. The van der Waals surface area contributed by atoms with Gasteiger partial charge in [-0.05, 0) is 74.9 Å². The van der Waals surface area contributed by atoms with Gasteiger partial charge in [0, 0.05) is 12.6 Å². The fraction of sp³-hybridized carbons (Fsp3) is 0.923. The lowest BCUT2D eigenvalue weighted by Crippen LogP contribution is -2.59. The monoisotopic (exact) mass is 253 g/mol. The number of hydrazine groups is 1. The molecule has 3 nitrogen and oxygen atoms in total. The molecule has 3 N–H and O–H groups in total. The molecule has 0 aliphatic heterocycles. The van der Waals surface area contributed by atoms with Crippen LogP contribution in [-0.4, -0.2) is 22.6 Å². The summed E-state index contributed by atoms with van der Waals surface area (Å²) in [4.78, 5) is 2.35. The van der Waals surface area contributed by atoms with Crippen LogP contribution < -0.4 is 11.3 Å². The van der Waals surface area contributed by atoms with Gasteiger partial charge in [-0.3, -0.25) is 0 Å². The third-order valence-electron chi connectivity index (χ3n) is 5.26. The summed E-state index contributed by atoms with van der Waals surface area (Å²) in [5.41, 5.74) is 2.68. The lowest BCUT2D eigenvalue weighted by molar-refractivity contribution is -0.0435. The van der Waals surface area contributed by atoms with Gasteiger partial charge >= 0.3 is 0 Å².